The predicted molar refractivity (Wildman–Crippen MR) is 155 cm³/mol. The van der Waals surface area contributed by atoms with Gasteiger partial charge in [0.2, 0.25) is 0 Å². The van der Waals surface area contributed by atoms with Gasteiger partial charge in [0, 0.05) is 59.1 Å². The molecule has 6 nitrogen and oxygen atoms in total. The van der Waals surface area contributed by atoms with E-state index in [4.69, 9.17) is 23.2 Å². The monoisotopic (exact) mass is 543 g/mol. The number of amides is 1. The van der Waals surface area contributed by atoms with Gasteiger partial charge in [0.15, 0.2) is 0 Å². The maximum Gasteiger partial charge on any atom is 0.251 e. The largest absolute Gasteiger partial charge is 0.355 e. The van der Waals surface area contributed by atoms with E-state index in [9.17, 15) is 4.79 Å². The Bertz CT molecular complexity index is 1060. The van der Waals surface area contributed by atoms with Crippen LogP contribution >= 0.6 is 23.2 Å². The fourth-order valence-corrected chi connectivity index (χ4v) is 5.63. The second-order valence-electron chi connectivity index (χ2n) is 10.3. The summed E-state index contributed by atoms with van der Waals surface area (Å²) in [7, 11) is 0. The van der Waals surface area contributed by atoms with Crippen LogP contribution in [-0.4, -0.2) is 55.1 Å². The minimum absolute atomic E-state index is 0.0974. The van der Waals surface area contributed by atoms with Gasteiger partial charge >= 0.3 is 0 Å². The minimum Gasteiger partial charge on any atom is -0.355 e. The van der Waals surface area contributed by atoms with Crippen LogP contribution in [0.3, 0.4) is 0 Å². The van der Waals surface area contributed by atoms with Gasteiger partial charge in [-0.1, -0.05) is 42.1 Å². The molecule has 0 aliphatic carbocycles. The van der Waals surface area contributed by atoms with E-state index in [1.807, 2.05) is 36.4 Å². The van der Waals surface area contributed by atoms with Crippen LogP contribution in [0.4, 0.5) is 5.69 Å². The second-order valence-corrected chi connectivity index (χ2v) is 11.1. The SMILES string of the molecule is C[C@@H]1CN(/C(=C\C2CCCCCN2)Nc2ccc(C(=O)NCCc3ccc(Cl)cc3Cl)cc2)C[C@H](C)N1. The van der Waals surface area contributed by atoms with Gasteiger partial charge in [0.25, 0.3) is 5.91 Å². The minimum atomic E-state index is -0.0974. The maximum absolute atomic E-state index is 12.7. The molecule has 0 aromatic heterocycles. The van der Waals surface area contributed by atoms with Crippen molar-refractivity contribution in [3.05, 3.63) is 75.5 Å². The highest BCUT2D eigenvalue weighted by Gasteiger charge is 2.24. The summed E-state index contributed by atoms with van der Waals surface area (Å²) in [4.78, 5) is 15.1. The highest BCUT2D eigenvalue weighted by molar-refractivity contribution is 6.35. The van der Waals surface area contributed by atoms with Gasteiger partial charge in [-0.3, -0.25) is 4.79 Å². The molecule has 0 saturated carbocycles. The van der Waals surface area contributed by atoms with Crippen molar-refractivity contribution in [1.29, 1.82) is 0 Å². The van der Waals surface area contributed by atoms with Gasteiger partial charge in [0.1, 0.15) is 5.82 Å². The highest BCUT2D eigenvalue weighted by atomic mass is 35.5. The summed E-state index contributed by atoms with van der Waals surface area (Å²) in [6, 6.07) is 14.3. The van der Waals surface area contributed by atoms with Crippen molar-refractivity contribution in [2.75, 3.05) is 31.5 Å². The molecule has 2 aromatic carbocycles. The molecule has 200 valence electrons. The molecular formula is C29H39Cl2N5O. The fourth-order valence-electron chi connectivity index (χ4n) is 5.13. The zero-order valence-corrected chi connectivity index (χ0v) is 23.3. The number of hydrogen-bond acceptors (Lipinski definition) is 5. The molecule has 2 aliphatic heterocycles. The smallest absolute Gasteiger partial charge is 0.251 e. The summed E-state index contributed by atoms with van der Waals surface area (Å²) in [5.41, 5.74) is 2.57. The molecule has 2 heterocycles. The number of rotatable bonds is 8. The molecule has 2 saturated heterocycles. The van der Waals surface area contributed by atoms with Crippen molar-refractivity contribution in [2.45, 2.75) is 64.1 Å². The predicted octanol–water partition coefficient (Wildman–Crippen LogP) is 5.43. The number of carbonyl (C=O) groups excluding carboxylic acids is 1. The number of halogens is 2. The van der Waals surface area contributed by atoms with Gasteiger partial charge in [-0.05, 0) is 87.7 Å². The van der Waals surface area contributed by atoms with Crippen LogP contribution in [0.15, 0.2) is 54.4 Å². The summed E-state index contributed by atoms with van der Waals surface area (Å²) in [5, 5.41) is 15.2. The third-order valence-corrected chi connectivity index (χ3v) is 7.56. The quantitative estimate of drug-likeness (QED) is 0.357. The van der Waals surface area contributed by atoms with E-state index in [0.29, 0.717) is 46.7 Å². The first-order valence-electron chi connectivity index (χ1n) is 13.4. The average molecular weight is 545 g/mol. The summed E-state index contributed by atoms with van der Waals surface area (Å²) < 4.78 is 0. The Labute approximate surface area is 231 Å². The van der Waals surface area contributed by atoms with E-state index in [0.717, 1.165) is 43.1 Å². The number of benzene rings is 2. The molecule has 4 N–H and O–H groups in total. The van der Waals surface area contributed by atoms with E-state index in [1.165, 1.54) is 19.3 Å². The molecular weight excluding hydrogens is 505 g/mol. The lowest BCUT2D eigenvalue weighted by atomic mass is 10.1. The Kier molecular flexibility index (Phi) is 10.1. The molecule has 0 radical (unpaired) electrons. The Hall–Kier alpha value is -2.25. The molecule has 2 aromatic rings. The van der Waals surface area contributed by atoms with Crippen LogP contribution in [0.5, 0.6) is 0 Å². The average Bonchev–Trinajstić information content (AvgIpc) is 3.13. The molecule has 0 bridgehead atoms. The molecule has 4 rings (SSSR count). The number of hydrogen-bond donors (Lipinski definition) is 4. The van der Waals surface area contributed by atoms with Crippen molar-refractivity contribution in [3.8, 4) is 0 Å². The summed E-state index contributed by atoms with van der Waals surface area (Å²) in [6.45, 7) is 7.94. The number of carbonyl (C=O) groups is 1. The molecule has 3 atom stereocenters. The first-order valence-corrected chi connectivity index (χ1v) is 14.2. The lowest BCUT2D eigenvalue weighted by Crippen LogP contribution is -2.54. The Balaban J connectivity index is 1.39. The van der Waals surface area contributed by atoms with Crippen LogP contribution in [0, 0.1) is 0 Å². The molecule has 8 heteroatoms. The fraction of sp³-hybridized carbons (Fsp3) is 0.483. The van der Waals surface area contributed by atoms with Gasteiger partial charge in [-0.15, -0.1) is 0 Å². The standard InChI is InChI=1S/C29H39Cl2N5O/c1-20-18-36(19-21(2)34-20)28(17-26-6-4-3-5-14-32-26)35-25-11-8-23(9-12-25)29(37)33-15-13-22-7-10-24(30)16-27(22)31/h7-12,16-17,20-21,26,32,34-35H,3-6,13-15,18-19H2,1-2H3,(H,33,37)/b28-17-/t20-,21+,26?. The van der Waals surface area contributed by atoms with Crippen LogP contribution in [0.2, 0.25) is 10.0 Å². The van der Waals surface area contributed by atoms with Crippen molar-refractivity contribution >= 4 is 34.8 Å². The van der Waals surface area contributed by atoms with E-state index in [2.05, 4.69) is 46.1 Å². The van der Waals surface area contributed by atoms with Crippen molar-refractivity contribution in [3.63, 3.8) is 0 Å². The van der Waals surface area contributed by atoms with Crippen LogP contribution < -0.4 is 21.3 Å². The second kappa shape index (κ2) is 13.5. The lowest BCUT2D eigenvalue weighted by Gasteiger charge is -2.39. The number of piperazine rings is 1. The topological polar surface area (TPSA) is 68.4 Å². The van der Waals surface area contributed by atoms with Crippen LogP contribution in [0.1, 0.15) is 55.5 Å². The molecule has 37 heavy (non-hydrogen) atoms. The zero-order chi connectivity index (χ0) is 26.2. The normalized spacial score (nSPS) is 22.9. The Morgan fingerprint density at radius 2 is 1.81 bits per heavy atom. The van der Waals surface area contributed by atoms with E-state index in [-0.39, 0.29) is 5.91 Å². The van der Waals surface area contributed by atoms with Crippen LogP contribution in [-0.2, 0) is 6.42 Å². The lowest BCUT2D eigenvalue weighted by molar-refractivity contribution is 0.0954. The van der Waals surface area contributed by atoms with Gasteiger partial charge in [-0.2, -0.15) is 0 Å². The first-order chi connectivity index (χ1) is 17.9. The third-order valence-electron chi connectivity index (χ3n) is 6.97. The summed E-state index contributed by atoms with van der Waals surface area (Å²) >= 11 is 12.2. The van der Waals surface area contributed by atoms with E-state index in [1.54, 1.807) is 6.07 Å². The number of nitrogens with zero attached hydrogens (tertiary/aromatic N) is 1. The number of anilines is 1. The summed E-state index contributed by atoms with van der Waals surface area (Å²) in [5.74, 6) is 1.04. The Morgan fingerprint density at radius 1 is 1.05 bits per heavy atom. The Morgan fingerprint density at radius 3 is 2.54 bits per heavy atom. The van der Waals surface area contributed by atoms with E-state index < -0.39 is 0 Å². The molecule has 1 amide bonds. The first kappa shape index (κ1) is 27.8. The van der Waals surface area contributed by atoms with E-state index >= 15 is 0 Å². The molecule has 2 aliphatic rings. The number of nitrogens with one attached hydrogen (secondary N) is 4. The molecule has 2 fully saturated rings. The van der Waals surface area contributed by atoms with Crippen molar-refractivity contribution < 1.29 is 4.79 Å². The van der Waals surface area contributed by atoms with Crippen molar-refractivity contribution in [2.24, 2.45) is 0 Å². The highest BCUT2D eigenvalue weighted by Crippen LogP contribution is 2.22. The van der Waals surface area contributed by atoms with Crippen LogP contribution in [0.25, 0.3) is 0 Å². The molecule has 1 unspecified atom stereocenters. The van der Waals surface area contributed by atoms with Gasteiger partial charge in [0.05, 0.1) is 0 Å². The maximum atomic E-state index is 12.7. The van der Waals surface area contributed by atoms with Crippen molar-refractivity contribution in [1.82, 2.24) is 20.9 Å². The van der Waals surface area contributed by atoms with Gasteiger partial charge in [-0.25, -0.2) is 0 Å². The zero-order valence-electron chi connectivity index (χ0n) is 21.8. The third kappa shape index (κ3) is 8.37. The molecule has 0 spiro atoms. The summed E-state index contributed by atoms with van der Waals surface area (Å²) in [6.07, 6.45) is 7.95. The van der Waals surface area contributed by atoms with Gasteiger partial charge < -0.3 is 26.2 Å².